The van der Waals surface area contributed by atoms with Gasteiger partial charge in [-0.15, -0.1) is 11.8 Å². The van der Waals surface area contributed by atoms with E-state index in [1.54, 1.807) is 54.1 Å². The minimum absolute atomic E-state index is 0.0811. The quantitative estimate of drug-likeness (QED) is 0.843. The second-order valence-electron chi connectivity index (χ2n) is 6.31. The van der Waals surface area contributed by atoms with Gasteiger partial charge in [-0.25, -0.2) is 13.1 Å². The fourth-order valence-corrected chi connectivity index (χ4v) is 5.19. The number of sulfonamides is 1. The molecular formula is C18H22N2O4S2. The Labute approximate surface area is 158 Å². The van der Waals surface area contributed by atoms with Gasteiger partial charge in [0.25, 0.3) is 0 Å². The number of furan rings is 1. The third-order valence-electron chi connectivity index (χ3n) is 4.14. The number of rotatable bonds is 5. The van der Waals surface area contributed by atoms with Gasteiger partial charge < -0.3 is 9.32 Å². The molecule has 6 nitrogen and oxygen atoms in total. The molecule has 0 spiro atoms. The summed E-state index contributed by atoms with van der Waals surface area (Å²) in [5.41, 5.74) is 0.668. The van der Waals surface area contributed by atoms with E-state index in [2.05, 4.69) is 4.72 Å². The van der Waals surface area contributed by atoms with Gasteiger partial charge in [0, 0.05) is 30.8 Å². The zero-order valence-corrected chi connectivity index (χ0v) is 16.4. The molecule has 1 amide bonds. The van der Waals surface area contributed by atoms with Gasteiger partial charge in [0.1, 0.15) is 5.76 Å². The largest absolute Gasteiger partial charge is 0.469 e. The number of fused-ring (bicyclic) bond motifs is 1. The van der Waals surface area contributed by atoms with Gasteiger partial charge in [-0.3, -0.25) is 4.79 Å². The van der Waals surface area contributed by atoms with Crippen LogP contribution in [0.4, 0.5) is 5.69 Å². The molecule has 1 aliphatic heterocycles. The number of thioether (sulfide) groups is 1. The second kappa shape index (κ2) is 7.85. The van der Waals surface area contributed by atoms with E-state index in [9.17, 15) is 13.2 Å². The van der Waals surface area contributed by atoms with Crippen molar-refractivity contribution in [2.24, 2.45) is 0 Å². The number of amides is 1. The number of hydrogen-bond acceptors (Lipinski definition) is 5. The zero-order chi connectivity index (χ0) is 18.7. The summed E-state index contributed by atoms with van der Waals surface area (Å²) >= 11 is 1.65. The van der Waals surface area contributed by atoms with Crippen LogP contribution in [-0.2, 0) is 21.2 Å². The first-order valence-corrected chi connectivity index (χ1v) is 10.9. The molecule has 0 radical (unpaired) electrons. The lowest BCUT2D eigenvalue weighted by molar-refractivity contribution is -0.116. The summed E-state index contributed by atoms with van der Waals surface area (Å²) in [6.07, 6.45) is 2.91. The molecule has 1 aliphatic rings. The Balaban J connectivity index is 1.85. The molecule has 140 valence electrons. The van der Waals surface area contributed by atoms with Crippen LogP contribution in [-0.4, -0.2) is 32.7 Å². The number of nitrogens with one attached hydrogen (secondary N) is 1. The van der Waals surface area contributed by atoms with E-state index >= 15 is 0 Å². The Hall–Kier alpha value is -1.77. The van der Waals surface area contributed by atoms with E-state index < -0.39 is 10.0 Å². The van der Waals surface area contributed by atoms with Gasteiger partial charge in [0.05, 0.1) is 16.8 Å². The molecule has 0 saturated heterocycles. The first-order chi connectivity index (χ1) is 12.4. The number of carbonyl (C=O) groups excluding carboxylic acids is 1. The molecule has 1 aromatic carbocycles. The molecule has 1 aromatic heterocycles. The molecule has 0 unspecified atom stereocenters. The number of carbonyl (C=O) groups is 1. The Morgan fingerprint density at radius 2 is 2.19 bits per heavy atom. The number of anilines is 1. The second-order valence-corrected chi connectivity index (χ2v) is 9.16. The van der Waals surface area contributed by atoms with Crippen LogP contribution in [0.25, 0.3) is 0 Å². The van der Waals surface area contributed by atoms with Crippen molar-refractivity contribution in [1.29, 1.82) is 0 Å². The van der Waals surface area contributed by atoms with Gasteiger partial charge in [-0.05, 0) is 49.4 Å². The summed E-state index contributed by atoms with van der Waals surface area (Å²) in [6, 6.07) is 8.25. The van der Waals surface area contributed by atoms with Crippen LogP contribution in [0.1, 0.15) is 26.0 Å². The summed E-state index contributed by atoms with van der Waals surface area (Å²) in [6.45, 7) is 3.90. The summed E-state index contributed by atoms with van der Waals surface area (Å²) < 4.78 is 33.5. The topological polar surface area (TPSA) is 79.6 Å². The molecule has 0 fully saturated rings. The van der Waals surface area contributed by atoms with Crippen molar-refractivity contribution >= 4 is 33.4 Å². The lowest BCUT2D eigenvalue weighted by atomic mass is 10.2. The third kappa shape index (κ3) is 4.31. The van der Waals surface area contributed by atoms with Gasteiger partial charge in [-0.1, -0.05) is 0 Å². The molecule has 2 heterocycles. The molecule has 3 rings (SSSR count). The Morgan fingerprint density at radius 1 is 1.38 bits per heavy atom. The van der Waals surface area contributed by atoms with Gasteiger partial charge >= 0.3 is 0 Å². The van der Waals surface area contributed by atoms with Crippen LogP contribution in [0.2, 0.25) is 0 Å². The van der Waals surface area contributed by atoms with Crippen LogP contribution in [0, 0.1) is 0 Å². The van der Waals surface area contributed by atoms with Crippen molar-refractivity contribution in [2.75, 3.05) is 17.2 Å². The molecule has 26 heavy (non-hydrogen) atoms. The summed E-state index contributed by atoms with van der Waals surface area (Å²) in [5.74, 6) is 1.55. The van der Waals surface area contributed by atoms with Crippen molar-refractivity contribution in [3.05, 3.63) is 42.4 Å². The highest BCUT2D eigenvalue weighted by Gasteiger charge is 2.24. The van der Waals surface area contributed by atoms with E-state index in [0.717, 1.165) is 22.8 Å². The minimum atomic E-state index is -3.70. The fourth-order valence-electron chi connectivity index (χ4n) is 2.95. The zero-order valence-electron chi connectivity index (χ0n) is 14.8. The molecule has 8 heteroatoms. The maximum atomic E-state index is 12.8. The highest BCUT2D eigenvalue weighted by Crippen LogP contribution is 2.35. The highest BCUT2D eigenvalue weighted by atomic mass is 32.2. The number of hydrogen-bond donors (Lipinski definition) is 1. The Bertz CT molecular complexity index is 879. The summed E-state index contributed by atoms with van der Waals surface area (Å²) in [7, 11) is -3.70. The Kier molecular flexibility index (Phi) is 5.74. The third-order valence-corrected chi connectivity index (χ3v) is 6.88. The molecule has 0 saturated carbocycles. The Morgan fingerprint density at radius 3 is 2.88 bits per heavy atom. The van der Waals surface area contributed by atoms with Crippen molar-refractivity contribution in [1.82, 2.24) is 4.72 Å². The maximum Gasteiger partial charge on any atom is 0.240 e. The summed E-state index contributed by atoms with van der Waals surface area (Å²) in [4.78, 5) is 14.7. The SMILES string of the molecule is CC(=O)N1CCCSc2ccc(S(=O)(=O)N[C@H](C)Cc3ccco3)cc21. The number of benzene rings is 1. The minimum Gasteiger partial charge on any atom is -0.469 e. The fraction of sp³-hybridized carbons (Fsp3) is 0.389. The number of nitrogens with zero attached hydrogens (tertiary/aromatic N) is 1. The van der Waals surface area contributed by atoms with Crippen molar-refractivity contribution in [2.45, 2.75) is 42.5 Å². The average molecular weight is 395 g/mol. The van der Waals surface area contributed by atoms with E-state index in [1.165, 1.54) is 6.92 Å². The molecule has 0 bridgehead atoms. The van der Waals surface area contributed by atoms with Crippen molar-refractivity contribution < 1.29 is 17.6 Å². The first kappa shape index (κ1) is 19.0. The molecular weight excluding hydrogens is 372 g/mol. The molecule has 1 N–H and O–H groups in total. The standard InChI is InChI=1S/C18H22N2O4S2/c1-13(11-15-5-3-9-24-15)19-26(22,23)16-6-7-18-17(12-16)20(14(2)21)8-4-10-25-18/h3,5-7,9,12-13,19H,4,8,10-11H2,1-2H3/t13-/m1/s1. The van der Waals surface area contributed by atoms with Crippen LogP contribution in [0.15, 0.2) is 50.8 Å². The predicted octanol–water partition coefficient (Wildman–Crippen LogP) is 3.04. The van der Waals surface area contributed by atoms with E-state index in [-0.39, 0.29) is 16.8 Å². The first-order valence-electron chi connectivity index (χ1n) is 8.46. The normalized spacial score (nSPS) is 16.0. The van der Waals surface area contributed by atoms with E-state index in [4.69, 9.17) is 4.42 Å². The average Bonchev–Trinajstić information content (AvgIpc) is 2.97. The van der Waals surface area contributed by atoms with Gasteiger partial charge in [0.2, 0.25) is 15.9 Å². The lowest BCUT2D eigenvalue weighted by Crippen LogP contribution is -2.34. The molecule has 0 aliphatic carbocycles. The van der Waals surface area contributed by atoms with E-state index in [1.807, 2.05) is 6.07 Å². The summed E-state index contributed by atoms with van der Waals surface area (Å²) in [5, 5.41) is 0. The van der Waals surface area contributed by atoms with Crippen LogP contribution < -0.4 is 9.62 Å². The molecule has 2 aromatic rings. The predicted molar refractivity (Wildman–Crippen MR) is 102 cm³/mol. The van der Waals surface area contributed by atoms with Crippen LogP contribution in [0.5, 0.6) is 0 Å². The highest BCUT2D eigenvalue weighted by molar-refractivity contribution is 7.99. The van der Waals surface area contributed by atoms with E-state index in [0.29, 0.717) is 18.7 Å². The lowest BCUT2D eigenvalue weighted by Gasteiger charge is -2.22. The van der Waals surface area contributed by atoms with Gasteiger partial charge in [-0.2, -0.15) is 0 Å². The van der Waals surface area contributed by atoms with Crippen molar-refractivity contribution in [3.8, 4) is 0 Å². The van der Waals surface area contributed by atoms with Crippen molar-refractivity contribution in [3.63, 3.8) is 0 Å². The smallest absolute Gasteiger partial charge is 0.240 e. The monoisotopic (exact) mass is 394 g/mol. The van der Waals surface area contributed by atoms with Crippen LogP contribution in [0.3, 0.4) is 0 Å². The van der Waals surface area contributed by atoms with Crippen LogP contribution >= 0.6 is 11.8 Å². The maximum absolute atomic E-state index is 12.8. The molecule has 1 atom stereocenters. The van der Waals surface area contributed by atoms with Gasteiger partial charge in [0.15, 0.2) is 0 Å².